The number of likely N-dealkylation sites (tertiary alicyclic amines) is 1. The predicted molar refractivity (Wildman–Crippen MR) is 73.8 cm³/mol. The van der Waals surface area contributed by atoms with Crippen LogP contribution < -0.4 is 5.32 Å². The SMILES string of the molecule is C1CNCC(CN2CCCC3(CCOCC3)C2)C1. The molecule has 0 aliphatic carbocycles. The molecular weight excluding hydrogens is 224 g/mol. The smallest absolute Gasteiger partial charge is 0.0471 e. The zero-order valence-electron chi connectivity index (χ0n) is 11.6. The average Bonchev–Trinajstić information content (AvgIpc) is 2.41. The van der Waals surface area contributed by atoms with Crippen LogP contribution in [-0.4, -0.2) is 50.8 Å². The molecular formula is C15H28N2O. The Balaban J connectivity index is 1.52. The lowest BCUT2D eigenvalue weighted by molar-refractivity contribution is -0.0307. The molecule has 0 aromatic rings. The van der Waals surface area contributed by atoms with Gasteiger partial charge >= 0.3 is 0 Å². The minimum absolute atomic E-state index is 0.610. The lowest BCUT2D eigenvalue weighted by Crippen LogP contribution is -2.48. The monoisotopic (exact) mass is 252 g/mol. The topological polar surface area (TPSA) is 24.5 Å². The number of nitrogens with one attached hydrogen (secondary N) is 1. The van der Waals surface area contributed by atoms with E-state index >= 15 is 0 Å². The standard InChI is InChI=1S/C15H28N2O/c1-3-14(11-16-7-1)12-17-8-2-4-15(13-17)5-9-18-10-6-15/h14,16H,1-13H2. The molecule has 3 heteroatoms. The zero-order chi connectivity index (χ0) is 12.3. The summed E-state index contributed by atoms with van der Waals surface area (Å²) in [6.45, 7) is 8.48. The first-order valence-electron chi connectivity index (χ1n) is 7.87. The van der Waals surface area contributed by atoms with Crippen molar-refractivity contribution in [1.29, 1.82) is 0 Å². The molecule has 18 heavy (non-hydrogen) atoms. The highest BCUT2D eigenvalue weighted by molar-refractivity contribution is 4.89. The molecule has 1 atom stereocenters. The van der Waals surface area contributed by atoms with Crippen molar-refractivity contribution in [2.24, 2.45) is 11.3 Å². The van der Waals surface area contributed by atoms with Crippen LogP contribution in [0.5, 0.6) is 0 Å². The number of hydrogen-bond acceptors (Lipinski definition) is 3. The quantitative estimate of drug-likeness (QED) is 0.812. The van der Waals surface area contributed by atoms with Crippen LogP contribution >= 0.6 is 0 Å². The van der Waals surface area contributed by atoms with E-state index < -0.39 is 0 Å². The minimum Gasteiger partial charge on any atom is -0.381 e. The molecule has 0 bridgehead atoms. The molecule has 3 rings (SSSR count). The number of hydrogen-bond donors (Lipinski definition) is 1. The average molecular weight is 252 g/mol. The fraction of sp³-hybridized carbons (Fsp3) is 1.00. The van der Waals surface area contributed by atoms with E-state index in [1.807, 2.05) is 0 Å². The molecule has 104 valence electrons. The van der Waals surface area contributed by atoms with E-state index in [2.05, 4.69) is 10.2 Å². The summed E-state index contributed by atoms with van der Waals surface area (Å²) in [4.78, 5) is 2.76. The van der Waals surface area contributed by atoms with Gasteiger partial charge in [-0.3, -0.25) is 0 Å². The molecule has 3 nitrogen and oxygen atoms in total. The van der Waals surface area contributed by atoms with Crippen LogP contribution in [0.2, 0.25) is 0 Å². The van der Waals surface area contributed by atoms with Crippen molar-refractivity contribution >= 4 is 0 Å². The Morgan fingerprint density at radius 1 is 1.17 bits per heavy atom. The van der Waals surface area contributed by atoms with Gasteiger partial charge in [0.05, 0.1) is 0 Å². The van der Waals surface area contributed by atoms with Gasteiger partial charge in [-0.05, 0) is 69.5 Å². The maximum atomic E-state index is 5.55. The van der Waals surface area contributed by atoms with Crippen LogP contribution in [0.3, 0.4) is 0 Å². The third-order valence-corrected chi connectivity index (χ3v) is 5.21. The van der Waals surface area contributed by atoms with Gasteiger partial charge in [0.15, 0.2) is 0 Å². The van der Waals surface area contributed by atoms with E-state index in [9.17, 15) is 0 Å². The summed E-state index contributed by atoms with van der Waals surface area (Å²) in [5.41, 5.74) is 0.610. The highest BCUT2D eigenvalue weighted by atomic mass is 16.5. The Bertz CT molecular complexity index is 252. The summed E-state index contributed by atoms with van der Waals surface area (Å²) >= 11 is 0. The fourth-order valence-electron chi connectivity index (χ4n) is 4.12. The molecule has 1 spiro atoms. The molecule has 0 aromatic heterocycles. The second-order valence-corrected chi connectivity index (χ2v) is 6.66. The summed E-state index contributed by atoms with van der Waals surface area (Å²) < 4.78 is 5.55. The molecule has 3 aliphatic rings. The van der Waals surface area contributed by atoms with Gasteiger partial charge < -0.3 is 15.0 Å². The molecule has 0 aromatic carbocycles. The van der Waals surface area contributed by atoms with Gasteiger partial charge in [-0.25, -0.2) is 0 Å². The molecule has 1 unspecified atom stereocenters. The van der Waals surface area contributed by atoms with Crippen molar-refractivity contribution in [1.82, 2.24) is 10.2 Å². The maximum absolute atomic E-state index is 5.55. The van der Waals surface area contributed by atoms with Crippen molar-refractivity contribution in [3.05, 3.63) is 0 Å². The van der Waals surface area contributed by atoms with E-state index in [0.717, 1.165) is 19.1 Å². The van der Waals surface area contributed by atoms with Crippen LogP contribution in [0.1, 0.15) is 38.5 Å². The number of nitrogens with zero attached hydrogens (tertiary/aromatic N) is 1. The van der Waals surface area contributed by atoms with Gasteiger partial charge in [0.25, 0.3) is 0 Å². The lowest BCUT2D eigenvalue weighted by atomic mass is 9.73. The fourth-order valence-corrected chi connectivity index (χ4v) is 4.12. The Kier molecular flexibility index (Phi) is 4.22. The van der Waals surface area contributed by atoms with Gasteiger partial charge in [0.1, 0.15) is 0 Å². The Hall–Kier alpha value is -0.120. The van der Waals surface area contributed by atoms with Gasteiger partial charge in [-0.15, -0.1) is 0 Å². The summed E-state index contributed by atoms with van der Waals surface area (Å²) in [5, 5.41) is 3.55. The van der Waals surface area contributed by atoms with E-state index in [0.29, 0.717) is 5.41 Å². The largest absolute Gasteiger partial charge is 0.381 e. The van der Waals surface area contributed by atoms with Crippen molar-refractivity contribution in [3.63, 3.8) is 0 Å². The van der Waals surface area contributed by atoms with E-state index in [1.165, 1.54) is 71.2 Å². The Morgan fingerprint density at radius 2 is 2.06 bits per heavy atom. The van der Waals surface area contributed by atoms with E-state index in [4.69, 9.17) is 4.74 Å². The molecule has 3 heterocycles. The normalized spacial score (nSPS) is 33.7. The third kappa shape index (κ3) is 3.06. The van der Waals surface area contributed by atoms with Crippen LogP contribution in [0.15, 0.2) is 0 Å². The van der Waals surface area contributed by atoms with Gasteiger partial charge in [0.2, 0.25) is 0 Å². The highest BCUT2D eigenvalue weighted by Crippen LogP contribution is 2.39. The second-order valence-electron chi connectivity index (χ2n) is 6.66. The van der Waals surface area contributed by atoms with Crippen molar-refractivity contribution in [3.8, 4) is 0 Å². The Morgan fingerprint density at radius 3 is 2.83 bits per heavy atom. The van der Waals surface area contributed by atoms with Crippen LogP contribution in [0, 0.1) is 11.3 Å². The second kappa shape index (κ2) is 5.89. The van der Waals surface area contributed by atoms with Crippen molar-refractivity contribution in [2.75, 3.05) is 45.9 Å². The predicted octanol–water partition coefficient (Wildman–Crippen LogP) is 1.88. The molecule has 0 radical (unpaired) electrons. The Labute approximate surface area is 111 Å². The van der Waals surface area contributed by atoms with Crippen LogP contribution in [0.4, 0.5) is 0 Å². The van der Waals surface area contributed by atoms with E-state index in [1.54, 1.807) is 0 Å². The molecule has 3 saturated heterocycles. The summed E-state index contributed by atoms with van der Waals surface area (Å²) in [6.07, 6.45) is 8.24. The first-order chi connectivity index (χ1) is 8.86. The van der Waals surface area contributed by atoms with Gasteiger partial charge in [-0.1, -0.05) is 0 Å². The number of rotatable bonds is 2. The van der Waals surface area contributed by atoms with Crippen LogP contribution in [0.25, 0.3) is 0 Å². The first kappa shape index (κ1) is 12.9. The van der Waals surface area contributed by atoms with Gasteiger partial charge in [-0.2, -0.15) is 0 Å². The molecule has 1 N–H and O–H groups in total. The molecule has 3 fully saturated rings. The number of piperidine rings is 2. The highest BCUT2D eigenvalue weighted by Gasteiger charge is 2.37. The summed E-state index contributed by atoms with van der Waals surface area (Å²) in [7, 11) is 0. The molecule has 0 amide bonds. The minimum atomic E-state index is 0.610. The van der Waals surface area contributed by atoms with Crippen molar-refractivity contribution < 1.29 is 4.74 Å². The van der Waals surface area contributed by atoms with Crippen LogP contribution in [-0.2, 0) is 4.74 Å². The zero-order valence-corrected chi connectivity index (χ0v) is 11.6. The molecule has 3 aliphatic heterocycles. The summed E-state index contributed by atoms with van der Waals surface area (Å²) in [6, 6.07) is 0. The third-order valence-electron chi connectivity index (χ3n) is 5.21. The van der Waals surface area contributed by atoms with Gasteiger partial charge in [0, 0.05) is 26.3 Å². The lowest BCUT2D eigenvalue weighted by Gasteiger charge is -2.46. The maximum Gasteiger partial charge on any atom is 0.0471 e. The van der Waals surface area contributed by atoms with Crippen molar-refractivity contribution in [2.45, 2.75) is 38.5 Å². The van der Waals surface area contributed by atoms with E-state index in [-0.39, 0.29) is 0 Å². The summed E-state index contributed by atoms with van der Waals surface area (Å²) in [5.74, 6) is 0.897. The first-order valence-corrected chi connectivity index (χ1v) is 7.87. The molecule has 0 saturated carbocycles. The number of ether oxygens (including phenoxy) is 1.